The lowest BCUT2D eigenvalue weighted by molar-refractivity contribution is -0.274. The van der Waals surface area contributed by atoms with E-state index in [0.29, 0.717) is 41.2 Å². The Labute approximate surface area is 192 Å². The molecule has 174 valence electrons. The van der Waals surface area contributed by atoms with Crippen LogP contribution < -0.4 is 10.5 Å². The third kappa shape index (κ3) is 3.74. The highest BCUT2D eigenvalue weighted by Gasteiger charge is 2.49. The van der Waals surface area contributed by atoms with Gasteiger partial charge in [-0.2, -0.15) is 0 Å². The van der Waals surface area contributed by atoms with Crippen LogP contribution in [-0.2, 0) is 5.54 Å². The van der Waals surface area contributed by atoms with Gasteiger partial charge in [-0.05, 0) is 47.4 Å². The molecule has 0 amide bonds. The molecule has 0 spiro atoms. The molecule has 2 aromatic carbocycles. The number of pyridine rings is 1. The fourth-order valence-electron chi connectivity index (χ4n) is 4.37. The zero-order valence-corrected chi connectivity index (χ0v) is 17.8. The van der Waals surface area contributed by atoms with E-state index in [-0.39, 0.29) is 11.7 Å². The average Bonchev–Trinajstić information content (AvgIpc) is 3.13. The van der Waals surface area contributed by atoms with Crippen LogP contribution in [-0.4, -0.2) is 41.1 Å². The first-order valence-electron chi connectivity index (χ1n) is 10.5. The molecule has 0 aliphatic carbocycles. The molecule has 0 bridgehead atoms. The van der Waals surface area contributed by atoms with Crippen molar-refractivity contribution in [3.8, 4) is 16.9 Å². The van der Waals surface area contributed by atoms with Gasteiger partial charge in [0, 0.05) is 31.0 Å². The van der Waals surface area contributed by atoms with Crippen molar-refractivity contribution < 1.29 is 22.3 Å². The van der Waals surface area contributed by atoms with Crippen LogP contribution in [0.3, 0.4) is 0 Å². The van der Waals surface area contributed by atoms with Crippen LogP contribution in [0.4, 0.5) is 17.6 Å². The molecule has 2 aliphatic heterocycles. The zero-order valence-electron chi connectivity index (χ0n) is 17.8. The van der Waals surface area contributed by atoms with Crippen LogP contribution in [0.5, 0.6) is 5.75 Å². The third-order valence-corrected chi connectivity index (χ3v) is 5.80. The number of halogens is 4. The highest BCUT2D eigenvalue weighted by molar-refractivity contribution is 6.12. The van der Waals surface area contributed by atoms with Crippen molar-refractivity contribution in [2.24, 2.45) is 15.7 Å². The van der Waals surface area contributed by atoms with Gasteiger partial charge >= 0.3 is 6.36 Å². The van der Waals surface area contributed by atoms with Gasteiger partial charge in [0.05, 0.1) is 0 Å². The molecule has 2 N–H and O–H groups in total. The quantitative estimate of drug-likeness (QED) is 0.573. The van der Waals surface area contributed by atoms with Gasteiger partial charge in [-0.25, -0.2) is 9.38 Å². The van der Waals surface area contributed by atoms with E-state index in [1.54, 1.807) is 23.1 Å². The minimum Gasteiger partial charge on any atom is -0.406 e. The largest absolute Gasteiger partial charge is 0.573 e. The van der Waals surface area contributed by atoms with Crippen molar-refractivity contribution in [2.45, 2.75) is 18.3 Å². The molecule has 10 heteroatoms. The van der Waals surface area contributed by atoms with E-state index >= 15 is 0 Å². The summed E-state index contributed by atoms with van der Waals surface area (Å²) < 4.78 is 56.5. The van der Waals surface area contributed by atoms with Crippen LogP contribution in [0, 0.1) is 5.82 Å². The van der Waals surface area contributed by atoms with E-state index in [4.69, 9.17) is 15.7 Å². The summed E-state index contributed by atoms with van der Waals surface area (Å²) in [4.78, 5) is 15.3. The molecule has 3 aromatic rings. The van der Waals surface area contributed by atoms with Crippen molar-refractivity contribution in [3.05, 3.63) is 83.9 Å². The highest BCUT2D eigenvalue weighted by Crippen LogP contribution is 2.43. The molecule has 1 atom stereocenters. The van der Waals surface area contributed by atoms with E-state index in [2.05, 4.69) is 9.72 Å². The maximum atomic E-state index is 14.5. The number of nitrogens with zero attached hydrogens (tertiary/aromatic N) is 4. The second-order valence-electron chi connectivity index (χ2n) is 7.90. The Morgan fingerprint density at radius 2 is 1.82 bits per heavy atom. The summed E-state index contributed by atoms with van der Waals surface area (Å²) in [6.07, 6.45) is -1.22. The number of alkyl halides is 3. The summed E-state index contributed by atoms with van der Waals surface area (Å²) >= 11 is 0. The van der Waals surface area contributed by atoms with Crippen molar-refractivity contribution >= 4 is 11.8 Å². The third-order valence-electron chi connectivity index (χ3n) is 5.80. The Hall–Kier alpha value is -3.95. The number of aliphatic imine (C=N–C) groups is 2. The minimum absolute atomic E-state index is 0.257. The minimum atomic E-state index is -4.80. The van der Waals surface area contributed by atoms with Crippen molar-refractivity contribution in [3.63, 3.8) is 0 Å². The van der Waals surface area contributed by atoms with Gasteiger partial charge in [0.1, 0.15) is 17.4 Å². The molecule has 0 fully saturated rings. The molecule has 0 radical (unpaired) electrons. The Balaban J connectivity index is 1.68. The van der Waals surface area contributed by atoms with Crippen LogP contribution in [0.15, 0.2) is 77.0 Å². The molecule has 0 saturated carbocycles. The van der Waals surface area contributed by atoms with Crippen LogP contribution in [0.25, 0.3) is 11.1 Å². The van der Waals surface area contributed by atoms with Gasteiger partial charge in [-0.15, -0.1) is 13.2 Å². The molecule has 2 aliphatic rings. The second kappa shape index (κ2) is 8.12. The summed E-state index contributed by atoms with van der Waals surface area (Å²) in [6, 6.07) is 13.9. The number of amidine groups is 1. The lowest BCUT2D eigenvalue weighted by atomic mass is 9.81. The Kier molecular flexibility index (Phi) is 5.22. The Morgan fingerprint density at radius 1 is 1.03 bits per heavy atom. The molecular weight excluding hydrogens is 450 g/mol. The van der Waals surface area contributed by atoms with Crippen molar-refractivity contribution in [1.82, 2.24) is 9.88 Å². The standard InChI is InChI=1S/C24H19F4N5O/c25-20-9-11-30-14-19(20)15-3-1-4-17(13-15)23(21-31-10-2-12-33(21)22(29)32-23)16-5-7-18(8-6-16)34-24(26,27)28/h1,3-9,11,13-14H,2,10,12H2,(H2,29,32)/t23-/m1/s1. The van der Waals surface area contributed by atoms with E-state index in [9.17, 15) is 17.6 Å². The van der Waals surface area contributed by atoms with Gasteiger partial charge in [-0.3, -0.25) is 14.9 Å². The highest BCUT2D eigenvalue weighted by atomic mass is 19.4. The van der Waals surface area contributed by atoms with E-state index in [0.717, 1.165) is 6.42 Å². The molecule has 34 heavy (non-hydrogen) atoms. The van der Waals surface area contributed by atoms with Crippen LogP contribution >= 0.6 is 0 Å². The van der Waals surface area contributed by atoms with Gasteiger partial charge < -0.3 is 10.5 Å². The smallest absolute Gasteiger partial charge is 0.406 e. The predicted octanol–water partition coefficient (Wildman–Crippen LogP) is 4.46. The first-order valence-corrected chi connectivity index (χ1v) is 10.5. The number of ether oxygens (including phenoxy) is 1. The molecule has 0 saturated heterocycles. The summed E-state index contributed by atoms with van der Waals surface area (Å²) in [5.74, 6) is 0.0486. The molecule has 6 nitrogen and oxygen atoms in total. The number of nitrogens with two attached hydrogens (primary N) is 1. The molecular formula is C24H19F4N5O. The molecule has 0 unspecified atom stereocenters. The summed E-state index contributed by atoms with van der Waals surface area (Å²) in [7, 11) is 0. The van der Waals surface area contributed by atoms with Gasteiger partial charge in [0.2, 0.25) is 0 Å². The number of guanidine groups is 1. The van der Waals surface area contributed by atoms with E-state index in [1.807, 2.05) is 6.07 Å². The van der Waals surface area contributed by atoms with Gasteiger partial charge in [-0.1, -0.05) is 30.3 Å². The second-order valence-corrected chi connectivity index (χ2v) is 7.90. The maximum Gasteiger partial charge on any atom is 0.573 e. The number of rotatable bonds is 4. The summed E-state index contributed by atoms with van der Waals surface area (Å²) in [5, 5.41) is 0. The summed E-state index contributed by atoms with van der Waals surface area (Å²) in [6.45, 7) is 1.17. The number of hydrogen-bond donors (Lipinski definition) is 1. The van der Waals surface area contributed by atoms with Gasteiger partial charge in [0.15, 0.2) is 11.5 Å². The fourth-order valence-corrected chi connectivity index (χ4v) is 4.37. The predicted molar refractivity (Wildman–Crippen MR) is 119 cm³/mol. The number of aromatic nitrogens is 1. The van der Waals surface area contributed by atoms with Crippen molar-refractivity contribution in [1.29, 1.82) is 0 Å². The normalized spacial score (nSPS) is 19.9. The summed E-state index contributed by atoms with van der Waals surface area (Å²) in [5.41, 5.74) is 7.14. The Morgan fingerprint density at radius 3 is 2.56 bits per heavy atom. The van der Waals surface area contributed by atoms with Gasteiger partial charge in [0.25, 0.3) is 0 Å². The first-order chi connectivity index (χ1) is 16.3. The van der Waals surface area contributed by atoms with E-state index < -0.39 is 17.7 Å². The monoisotopic (exact) mass is 469 g/mol. The number of benzene rings is 2. The van der Waals surface area contributed by atoms with E-state index in [1.165, 1.54) is 42.7 Å². The number of hydrogen-bond acceptors (Lipinski definition) is 6. The topological polar surface area (TPSA) is 76.1 Å². The first kappa shape index (κ1) is 21.9. The van der Waals surface area contributed by atoms with Crippen LogP contribution in [0.1, 0.15) is 17.5 Å². The lowest BCUT2D eigenvalue weighted by Crippen LogP contribution is -2.46. The number of fused-ring (bicyclic) bond motifs is 1. The molecule has 1 aromatic heterocycles. The average molecular weight is 469 g/mol. The maximum absolute atomic E-state index is 14.5. The van der Waals surface area contributed by atoms with Crippen LogP contribution in [0.2, 0.25) is 0 Å². The SMILES string of the molecule is NC1=N[C@](c2ccc(OC(F)(F)F)cc2)(c2cccc(-c3cnccc3F)c2)C2=NCCCN12. The molecule has 3 heterocycles. The molecule has 5 rings (SSSR count). The zero-order chi connectivity index (χ0) is 23.9. The Bertz CT molecular complexity index is 1290. The van der Waals surface area contributed by atoms with Crippen molar-refractivity contribution in [2.75, 3.05) is 13.1 Å². The fraction of sp³-hybridized carbons (Fsp3) is 0.208. The lowest BCUT2D eigenvalue weighted by Gasteiger charge is -2.33.